The molecule has 0 saturated heterocycles. The Kier molecular flexibility index (Phi) is 8.36. The van der Waals surface area contributed by atoms with Gasteiger partial charge in [-0.15, -0.1) is 6.58 Å². The highest BCUT2D eigenvalue weighted by atomic mass is 16.5. The first-order valence-corrected chi connectivity index (χ1v) is 11.2. The second kappa shape index (κ2) is 11.2. The molecule has 1 aliphatic rings. The molecule has 1 nitrogen and oxygen atoms in total. The summed E-state index contributed by atoms with van der Waals surface area (Å²) in [6, 6.07) is 18.1. The monoisotopic (exact) mass is 376 g/mol. The minimum atomic E-state index is 0.717. The largest absolute Gasteiger partial charge is 0.377 e. The lowest BCUT2D eigenvalue weighted by atomic mass is 9.77. The van der Waals surface area contributed by atoms with Gasteiger partial charge in [-0.1, -0.05) is 68.0 Å². The van der Waals surface area contributed by atoms with Crippen molar-refractivity contribution in [2.75, 3.05) is 6.61 Å². The molecule has 3 rings (SSSR count). The molecule has 0 atom stereocenters. The third-order valence-electron chi connectivity index (χ3n) is 6.21. The number of hydrogen-bond donors (Lipinski definition) is 0. The lowest BCUT2D eigenvalue weighted by molar-refractivity contribution is 0.118. The summed E-state index contributed by atoms with van der Waals surface area (Å²) in [5, 5.41) is 0. The van der Waals surface area contributed by atoms with E-state index in [1.54, 1.807) is 0 Å². The van der Waals surface area contributed by atoms with Crippen molar-refractivity contribution in [1.29, 1.82) is 0 Å². The predicted octanol–water partition coefficient (Wildman–Crippen LogP) is 7.91. The Bertz CT molecular complexity index is 690. The van der Waals surface area contributed by atoms with E-state index in [1.807, 2.05) is 0 Å². The molecule has 0 spiro atoms. The summed E-state index contributed by atoms with van der Waals surface area (Å²) in [5.41, 5.74) is 5.37. The quantitative estimate of drug-likeness (QED) is 0.302. The van der Waals surface area contributed by atoms with Crippen LogP contribution in [0.5, 0.6) is 0 Å². The highest BCUT2D eigenvalue weighted by Gasteiger charge is 2.21. The molecule has 1 heteroatoms. The number of allylic oxidation sites excluding steroid dienone is 1. The molecule has 1 aliphatic carbocycles. The van der Waals surface area contributed by atoms with Gasteiger partial charge in [0.2, 0.25) is 0 Å². The van der Waals surface area contributed by atoms with Crippen molar-refractivity contribution in [2.45, 2.75) is 70.8 Å². The van der Waals surface area contributed by atoms with Crippen LogP contribution in [0.4, 0.5) is 0 Å². The van der Waals surface area contributed by atoms with E-state index in [2.05, 4.69) is 68.1 Å². The molecular weight excluding hydrogens is 340 g/mol. The van der Waals surface area contributed by atoms with Crippen molar-refractivity contribution in [1.82, 2.24) is 0 Å². The predicted molar refractivity (Wildman–Crippen MR) is 121 cm³/mol. The maximum absolute atomic E-state index is 5.71. The van der Waals surface area contributed by atoms with Gasteiger partial charge in [0.05, 0.1) is 6.61 Å². The average Bonchev–Trinajstić information content (AvgIpc) is 2.76. The molecule has 0 bridgehead atoms. The van der Waals surface area contributed by atoms with Crippen LogP contribution in [0.1, 0.15) is 75.3 Å². The smallest absolute Gasteiger partial charge is 0.0716 e. The molecule has 0 aliphatic heterocycles. The highest BCUT2D eigenvalue weighted by molar-refractivity contribution is 5.64. The maximum atomic E-state index is 5.71. The van der Waals surface area contributed by atoms with Crippen LogP contribution in [-0.4, -0.2) is 6.61 Å². The van der Waals surface area contributed by atoms with Crippen molar-refractivity contribution < 1.29 is 4.74 Å². The first-order valence-electron chi connectivity index (χ1n) is 11.2. The molecule has 0 amide bonds. The molecular formula is C27H36O. The Balaban J connectivity index is 1.52. The summed E-state index contributed by atoms with van der Waals surface area (Å²) >= 11 is 0. The van der Waals surface area contributed by atoms with Gasteiger partial charge in [0, 0.05) is 6.61 Å². The summed E-state index contributed by atoms with van der Waals surface area (Å²) in [5.74, 6) is 1.66. The van der Waals surface area contributed by atoms with Crippen LogP contribution in [0.25, 0.3) is 11.1 Å². The number of benzene rings is 2. The first-order chi connectivity index (χ1) is 13.8. The van der Waals surface area contributed by atoms with Gasteiger partial charge >= 0.3 is 0 Å². The molecule has 0 N–H and O–H groups in total. The van der Waals surface area contributed by atoms with Gasteiger partial charge in [-0.2, -0.15) is 0 Å². The van der Waals surface area contributed by atoms with Crippen LogP contribution in [0.2, 0.25) is 0 Å². The van der Waals surface area contributed by atoms with E-state index >= 15 is 0 Å². The third-order valence-corrected chi connectivity index (χ3v) is 6.21. The molecule has 2 aromatic rings. The van der Waals surface area contributed by atoms with E-state index in [0.717, 1.165) is 24.9 Å². The van der Waals surface area contributed by atoms with E-state index < -0.39 is 0 Å². The Morgan fingerprint density at radius 2 is 1.57 bits per heavy atom. The Morgan fingerprint density at radius 3 is 2.18 bits per heavy atom. The SMILES string of the molecule is C=CCCC1CCC(c2ccc(-c3ccc(COCCCC)cc3)cc2)CC1. The summed E-state index contributed by atoms with van der Waals surface area (Å²) in [6.45, 7) is 7.63. The zero-order chi connectivity index (χ0) is 19.6. The molecule has 150 valence electrons. The van der Waals surface area contributed by atoms with Crippen LogP contribution in [0.3, 0.4) is 0 Å². The Hall–Kier alpha value is -1.86. The molecule has 0 radical (unpaired) electrons. The van der Waals surface area contributed by atoms with Crippen LogP contribution >= 0.6 is 0 Å². The van der Waals surface area contributed by atoms with Gasteiger partial charge in [0.1, 0.15) is 0 Å². The standard InChI is InChI=1S/C27H36O/c1-3-5-7-22-8-12-24(13-9-22)26-16-18-27(19-17-26)25-14-10-23(11-15-25)21-28-20-6-4-2/h3,10-11,14-19,22,24H,1,4-9,12-13,20-21H2,2H3. The molecule has 0 aromatic heterocycles. The van der Waals surface area contributed by atoms with Gasteiger partial charge < -0.3 is 4.74 Å². The Morgan fingerprint density at radius 1 is 0.929 bits per heavy atom. The van der Waals surface area contributed by atoms with E-state index in [0.29, 0.717) is 6.61 Å². The number of unbranched alkanes of at least 4 members (excludes halogenated alkanes) is 1. The third kappa shape index (κ3) is 6.07. The first kappa shape index (κ1) is 20.9. The van der Waals surface area contributed by atoms with Gasteiger partial charge in [0.25, 0.3) is 0 Å². The van der Waals surface area contributed by atoms with E-state index in [4.69, 9.17) is 4.74 Å². The fraction of sp³-hybridized carbons (Fsp3) is 0.481. The lowest BCUT2D eigenvalue weighted by Gasteiger charge is -2.28. The Labute approximate surface area is 171 Å². The molecule has 0 unspecified atom stereocenters. The number of rotatable bonds is 10. The molecule has 1 saturated carbocycles. The average molecular weight is 377 g/mol. The van der Waals surface area contributed by atoms with Crippen LogP contribution in [-0.2, 0) is 11.3 Å². The minimum Gasteiger partial charge on any atom is -0.377 e. The number of ether oxygens (including phenoxy) is 1. The second-order valence-corrected chi connectivity index (χ2v) is 8.31. The topological polar surface area (TPSA) is 9.23 Å². The van der Waals surface area contributed by atoms with Gasteiger partial charge in [0.15, 0.2) is 0 Å². The van der Waals surface area contributed by atoms with E-state index in [-0.39, 0.29) is 0 Å². The fourth-order valence-electron chi connectivity index (χ4n) is 4.32. The van der Waals surface area contributed by atoms with Crippen LogP contribution in [0.15, 0.2) is 61.2 Å². The van der Waals surface area contributed by atoms with Gasteiger partial charge in [-0.05, 0) is 79.0 Å². The normalized spacial score (nSPS) is 19.5. The minimum absolute atomic E-state index is 0.717. The molecule has 28 heavy (non-hydrogen) atoms. The molecule has 1 fully saturated rings. The summed E-state index contributed by atoms with van der Waals surface area (Å²) < 4.78 is 5.71. The van der Waals surface area contributed by atoms with Gasteiger partial charge in [-0.25, -0.2) is 0 Å². The van der Waals surface area contributed by atoms with Crippen LogP contribution in [0, 0.1) is 5.92 Å². The zero-order valence-electron chi connectivity index (χ0n) is 17.5. The van der Waals surface area contributed by atoms with Gasteiger partial charge in [-0.3, -0.25) is 0 Å². The molecule has 0 heterocycles. The van der Waals surface area contributed by atoms with Crippen molar-refractivity contribution in [3.63, 3.8) is 0 Å². The molecule has 2 aromatic carbocycles. The van der Waals surface area contributed by atoms with Crippen molar-refractivity contribution in [2.24, 2.45) is 5.92 Å². The summed E-state index contributed by atoms with van der Waals surface area (Å²) in [4.78, 5) is 0. The van der Waals surface area contributed by atoms with Crippen LogP contribution < -0.4 is 0 Å². The van der Waals surface area contributed by atoms with E-state index in [1.165, 1.54) is 67.2 Å². The number of hydrogen-bond acceptors (Lipinski definition) is 1. The van der Waals surface area contributed by atoms with Crippen molar-refractivity contribution in [3.05, 3.63) is 72.3 Å². The van der Waals surface area contributed by atoms with Crippen molar-refractivity contribution in [3.8, 4) is 11.1 Å². The van der Waals surface area contributed by atoms with E-state index in [9.17, 15) is 0 Å². The lowest BCUT2D eigenvalue weighted by Crippen LogP contribution is -2.13. The highest BCUT2D eigenvalue weighted by Crippen LogP contribution is 2.38. The van der Waals surface area contributed by atoms with Crippen molar-refractivity contribution >= 4 is 0 Å². The maximum Gasteiger partial charge on any atom is 0.0716 e. The second-order valence-electron chi connectivity index (χ2n) is 8.31. The summed E-state index contributed by atoms with van der Waals surface area (Å²) in [6.07, 6.45) is 12.3. The fourth-order valence-corrected chi connectivity index (χ4v) is 4.32. The zero-order valence-corrected chi connectivity index (χ0v) is 17.5. The summed E-state index contributed by atoms with van der Waals surface area (Å²) in [7, 11) is 0.